The van der Waals surface area contributed by atoms with Gasteiger partial charge in [0.25, 0.3) is 0 Å². The summed E-state index contributed by atoms with van der Waals surface area (Å²) < 4.78 is 11.1. The van der Waals surface area contributed by atoms with Crippen molar-refractivity contribution in [3.63, 3.8) is 0 Å². The van der Waals surface area contributed by atoms with Gasteiger partial charge in [0.15, 0.2) is 0 Å². The summed E-state index contributed by atoms with van der Waals surface area (Å²) in [6.45, 7) is 14.1. The fourth-order valence-corrected chi connectivity index (χ4v) is 1.36. The molecule has 3 heteroatoms. The zero-order valence-electron chi connectivity index (χ0n) is 11.8. The Bertz CT molecular complexity index is 252. The molecular weight excluding hydrogens is 216 g/mol. The molecule has 0 aliphatic heterocycles. The Morgan fingerprint density at radius 2 is 1.76 bits per heavy atom. The predicted molar refractivity (Wildman–Crippen MR) is 69.9 cm³/mol. The van der Waals surface area contributed by atoms with E-state index >= 15 is 0 Å². The molecule has 0 rings (SSSR count). The van der Waals surface area contributed by atoms with Gasteiger partial charge in [0.1, 0.15) is 5.60 Å². The molecule has 0 saturated heterocycles. The molecule has 3 nitrogen and oxygen atoms in total. The van der Waals surface area contributed by atoms with E-state index in [0.717, 1.165) is 12.8 Å². The third kappa shape index (κ3) is 6.47. The van der Waals surface area contributed by atoms with Crippen LogP contribution in [0.1, 0.15) is 53.9 Å². The van der Waals surface area contributed by atoms with Crippen molar-refractivity contribution >= 4 is 5.97 Å². The number of esters is 1. The molecule has 0 aliphatic carbocycles. The van der Waals surface area contributed by atoms with Crippen LogP contribution in [0.3, 0.4) is 0 Å². The molecule has 100 valence electrons. The summed E-state index contributed by atoms with van der Waals surface area (Å²) in [5.74, 6) is -0.385. The first-order chi connectivity index (χ1) is 7.78. The number of hydrogen-bond acceptors (Lipinski definition) is 3. The SMILES string of the molecule is C=CC(=O)OC(C)(C)CCOC(C)(CC)CC. The van der Waals surface area contributed by atoms with Gasteiger partial charge in [-0.25, -0.2) is 4.79 Å². The molecule has 0 aromatic carbocycles. The molecule has 0 N–H and O–H groups in total. The minimum absolute atomic E-state index is 0.0709. The third-order valence-corrected chi connectivity index (χ3v) is 3.19. The number of carbonyl (C=O) groups is 1. The summed E-state index contributed by atoms with van der Waals surface area (Å²) in [6.07, 6.45) is 3.83. The maximum atomic E-state index is 11.1. The van der Waals surface area contributed by atoms with Gasteiger partial charge in [0.2, 0.25) is 0 Å². The lowest BCUT2D eigenvalue weighted by atomic mass is 9.99. The van der Waals surface area contributed by atoms with Crippen LogP contribution in [-0.4, -0.2) is 23.8 Å². The molecule has 0 bridgehead atoms. The fourth-order valence-electron chi connectivity index (χ4n) is 1.36. The van der Waals surface area contributed by atoms with Crippen LogP contribution in [0.15, 0.2) is 12.7 Å². The van der Waals surface area contributed by atoms with E-state index in [-0.39, 0.29) is 11.6 Å². The molecule has 0 aromatic rings. The molecule has 0 heterocycles. The van der Waals surface area contributed by atoms with Gasteiger partial charge in [0, 0.05) is 12.5 Å². The number of hydrogen-bond donors (Lipinski definition) is 0. The maximum Gasteiger partial charge on any atom is 0.330 e. The van der Waals surface area contributed by atoms with Crippen LogP contribution in [0, 0.1) is 0 Å². The normalized spacial score (nSPS) is 12.3. The van der Waals surface area contributed by atoms with Crippen LogP contribution in [0.5, 0.6) is 0 Å². The molecule has 0 fully saturated rings. The first kappa shape index (κ1) is 16.2. The van der Waals surface area contributed by atoms with Gasteiger partial charge < -0.3 is 9.47 Å². The van der Waals surface area contributed by atoms with E-state index in [1.807, 2.05) is 13.8 Å². The van der Waals surface area contributed by atoms with Gasteiger partial charge in [-0.15, -0.1) is 0 Å². The lowest BCUT2D eigenvalue weighted by Crippen LogP contribution is -2.33. The van der Waals surface area contributed by atoms with Crippen LogP contribution in [0.2, 0.25) is 0 Å². The molecule has 0 aliphatic rings. The Hall–Kier alpha value is -0.830. The van der Waals surface area contributed by atoms with E-state index in [0.29, 0.717) is 13.0 Å². The summed E-state index contributed by atoms with van der Waals surface area (Å²) in [7, 11) is 0. The van der Waals surface area contributed by atoms with Crippen molar-refractivity contribution in [1.29, 1.82) is 0 Å². The Morgan fingerprint density at radius 3 is 2.18 bits per heavy atom. The highest BCUT2D eigenvalue weighted by molar-refractivity contribution is 5.81. The number of carbonyl (C=O) groups excluding carboxylic acids is 1. The summed E-state index contributed by atoms with van der Waals surface area (Å²) >= 11 is 0. The number of ether oxygens (including phenoxy) is 2. The molecule has 17 heavy (non-hydrogen) atoms. The van der Waals surface area contributed by atoms with Crippen molar-refractivity contribution in [2.45, 2.75) is 65.1 Å². The van der Waals surface area contributed by atoms with E-state index in [4.69, 9.17) is 9.47 Å². The minimum Gasteiger partial charge on any atom is -0.456 e. The third-order valence-electron chi connectivity index (χ3n) is 3.19. The van der Waals surface area contributed by atoms with E-state index in [2.05, 4.69) is 27.4 Å². The molecule has 0 atom stereocenters. The molecular formula is C14H26O3. The van der Waals surface area contributed by atoms with E-state index in [1.54, 1.807) is 0 Å². The standard InChI is InChI=1S/C14H26O3/c1-7-12(15)17-13(4,5)10-11-16-14(6,8-2)9-3/h7H,1,8-11H2,2-6H3. The zero-order chi connectivity index (χ0) is 13.5. The highest BCUT2D eigenvalue weighted by Gasteiger charge is 2.25. The fraction of sp³-hybridized carbons (Fsp3) is 0.786. The minimum atomic E-state index is -0.506. The Morgan fingerprint density at radius 1 is 1.24 bits per heavy atom. The van der Waals surface area contributed by atoms with Crippen molar-refractivity contribution in [3.05, 3.63) is 12.7 Å². The predicted octanol–water partition coefficient (Wildman–Crippen LogP) is 3.48. The Kier molecular flexibility index (Phi) is 6.46. The Balaban J connectivity index is 4.10. The molecule has 0 spiro atoms. The average molecular weight is 242 g/mol. The van der Waals surface area contributed by atoms with Crippen LogP contribution in [0.25, 0.3) is 0 Å². The van der Waals surface area contributed by atoms with Crippen LogP contribution < -0.4 is 0 Å². The van der Waals surface area contributed by atoms with Crippen LogP contribution >= 0.6 is 0 Å². The van der Waals surface area contributed by atoms with Crippen molar-refractivity contribution in [2.75, 3.05) is 6.61 Å². The second-order valence-electron chi connectivity index (χ2n) is 5.14. The topological polar surface area (TPSA) is 35.5 Å². The van der Waals surface area contributed by atoms with Gasteiger partial charge >= 0.3 is 5.97 Å². The first-order valence-corrected chi connectivity index (χ1v) is 6.28. The lowest BCUT2D eigenvalue weighted by molar-refractivity contribution is -0.153. The smallest absolute Gasteiger partial charge is 0.330 e. The summed E-state index contributed by atoms with van der Waals surface area (Å²) in [5, 5.41) is 0. The summed E-state index contributed by atoms with van der Waals surface area (Å²) in [4.78, 5) is 11.1. The molecule has 0 saturated carbocycles. The van der Waals surface area contributed by atoms with Gasteiger partial charge in [-0.2, -0.15) is 0 Å². The first-order valence-electron chi connectivity index (χ1n) is 6.28. The highest BCUT2D eigenvalue weighted by Crippen LogP contribution is 2.22. The molecule has 0 amide bonds. The highest BCUT2D eigenvalue weighted by atomic mass is 16.6. The van der Waals surface area contributed by atoms with E-state index < -0.39 is 5.60 Å². The molecule has 0 unspecified atom stereocenters. The van der Waals surface area contributed by atoms with Gasteiger partial charge in [-0.05, 0) is 33.6 Å². The van der Waals surface area contributed by atoms with E-state index in [1.165, 1.54) is 6.08 Å². The summed E-state index contributed by atoms with van der Waals surface area (Å²) in [6, 6.07) is 0. The molecule has 0 radical (unpaired) electrons. The van der Waals surface area contributed by atoms with Gasteiger partial charge in [-0.3, -0.25) is 0 Å². The monoisotopic (exact) mass is 242 g/mol. The van der Waals surface area contributed by atoms with E-state index in [9.17, 15) is 4.79 Å². The van der Waals surface area contributed by atoms with Crippen molar-refractivity contribution in [1.82, 2.24) is 0 Å². The number of rotatable bonds is 8. The van der Waals surface area contributed by atoms with Gasteiger partial charge in [0.05, 0.1) is 12.2 Å². The van der Waals surface area contributed by atoms with Crippen molar-refractivity contribution in [3.8, 4) is 0 Å². The zero-order valence-corrected chi connectivity index (χ0v) is 11.8. The van der Waals surface area contributed by atoms with Crippen LogP contribution in [-0.2, 0) is 14.3 Å². The average Bonchev–Trinajstić information content (AvgIpc) is 2.27. The Labute approximate surface area is 105 Å². The van der Waals surface area contributed by atoms with Gasteiger partial charge in [-0.1, -0.05) is 20.4 Å². The second-order valence-corrected chi connectivity index (χ2v) is 5.14. The lowest BCUT2D eigenvalue weighted by Gasteiger charge is -2.30. The maximum absolute atomic E-state index is 11.1. The summed E-state index contributed by atoms with van der Waals surface area (Å²) in [5.41, 5.74) is -0.577. The van der Waals surface area contributed by atoms with Crippen molar-refractivity contribution in [2.24, 2.45) is 0 Å². The quantitative estimate of drug-likeness (QED) is 0.483. The molecule has 0 aromatic heterocycles. The largest absolute Gasteiger partial charge is 0.456 e. The van der Waals surface area contributed by atoms with Crippen LogP contribution in [0.4, 0.5) is 0 Å². The van der Waals surface area contributed by atoms with Crippen molar-refractivity contribution < 1.29 is 14.3 Å². The second kappa shape index (κ2) is 6.80.